The molecule has 2 atom stereocenters. The molecule has 0 spiro atoms. The highest BCUT2D eigenvalue weighted by Crippen LogP contribution is 2.37. The first-order chi connectivity index (χ1) is 8.36. The second-order valence-electron chi connectivity index (χ2n) is 6.17. The maximum Gasteiger partial charge on any atom is 0.0574 e. The van der Waals surface area contributed by atoms with Crippen LogP contribution in [0.3, 0.4) is 0 Å². The lowest BCUT2D eigenvalue weighted by molar-refractivity contribution is 0.182. The van der Waals surface area contributed by atoms with Crippen molar-refractivity contribution in [1.82, 2.24) is 4.90 Å². The van der Waals surface area contributed by atoms with Gasteiger partial charge in [0.25, 0.3) is 0 Å². The highest BCUT2D eigenvalue weighted by Gasteiger charge is 2.39. The molecular weight excluding hydrogens is 212 g/mol. The maximum atomic E-state index is 8.90. The van der Waals surface area contributed by atoms with E-state index in [4.69, 9.17) is 5.21 Å². The van der Waals surface area contributed by atoms with Crippen LogP contribution in [0.5, 0.6) is 0 Å². The molecule has 2 aliphatic carbocycles. The standard InChI is InChI=1S/C14H24N2O/c17-15-13-7-6-11-9-16(10-12(11)8-13)14-4-2-1-3-5-14/h11-12,14,17H,1-10H2/b15-13+/t11-,12+/m1/s1. The molecule has 1 saturated heterocycles. The van der Waals surface area contributed by atoms with Crippen LogP contribution in [-0.2, 0) is 0 Å². The summed E-state index contributed by atoms with van der Waals surface area (Å²) in [6.45, 7) is 2.57. The molecule has 0 aromatic rings. The van der Waals surface area contributed by atoms with Gasteiger partial charge in [0.15, 0.2) is 0 Å². The van der Waals surface area contributed by atoms with Gasteiger partial charge < -0.3 is 5.21 Å². The Morgan fingerprint density at radius 1 is 1.00 bits per heavy atom. The Balaban J connectivity index is 1.60. The average molecular weight is 236 g/mol. The van der Waals surface area contributed by atoms with Crippen LogP contribution < -0.4 is 0 Å². The van der Waals surface area contributed by atoms with Gasteiger partial charge in [-0.15, -0.1) is 0 Å². The minimum Gasteiger partial charge on any atom is -0.411 e. The van der Waals surface area contributed by atoms with Crippen molar-refractivity contribution >= 4 is 5.71 Å². The van der Waals surface area contributed by atoms with Crippen molar-refractivity contribution in [3.63, 3.8) is 0 Å². The number of hydrogen-bond donors (Lipinski definition) is 1. The lowest BCUT2D eigenvalue weighted by Gasteiger charge is -2.31. The van der Waals surface area contributed by atoms with Crippen LogP contribution in [0.1, 0.15) is 51.4 Å². The molecule has 0 amide bonds. The van der Waals surface area contributed by atoms with E-state index in [2.05, 4.69) is 10.1 Å². The van der Waals surface area contributed by atoms with Gasteiger partial charge >= 0.3 is 0 Å². The van der Waals surface area contributed by atoms with Crippen molar-refractivity contribution in [1.29, 1.82) is 0 Å². The molecule has 3 rings (SSSR count). The molecule has 1 aliphatic heterocycles. The zero-order valence-electron chi connectivity index (χ0n) is 10.6. The Morgan fingerprint density at radius 2 is 1.76 bits per heavy atom. The Kier molecular flexibility index (Phi) is 3.37. The molecular formula is C14H24N2O. The smallest absolute Gasteiger partial charge is 0.0574 e. The van der Waals surface area contributed by atoms with E-state index >= 15 is 0 Å². The number of oxime groups is 1. The molecule has 0 aromatic heterocycles. The van der Waals surface area contributed by atoms with Gasteiger partial charge in [-0.05, 0) is 43.9 Å². The van der Waals surface area contributed by atoms with Crippen molar-refractivity contribution in [3.8, 4) is 0 Å². The number of likely N-dealkylation sites (tertiary alicyclic amines) is 1. The van der Waals surface area contributed by atoms with E-state index in [1.165, 1.54) is 51.6 Å². The van der Waals surface area contributed by atoms with Crippen LogP contribution in [0.2, 0.25) is 0 Å². The number of fused-ring (bicyclic) bond motifs is 1. The Hall–Kier alpha value is -0.570. The van der Waals surface area contributed by atoms with Crippen LogP contribution in [0.15, 0.2) is 5.16 Å². The van der Waals surface area contributed by atoms with Crippen molar-refractivity contribution in [2.45, 2.75) is 57.4 Å². The number of hydrogen-bond acceptors (Lipinski definition) is 3. The second-order valence-corrected chi connectivity index (χ2v) is 6.17. The van der Waals surface area contributed by atoms with E-state index in [1.54, 1.807) is 0 Å². The Morgan fingerprint density at radius 3 is 2.53 bits per heavy atom. The third-order valence-corrected chi connectivity index (χ3v) is 5.14. The summed E-state index contributed by atoms with van der Waals surface area (Å²) >= 11 is 0. The summed E-state index contributed by atoms with van der Waals surface area (Å²) in [6.07, 6.45) is 10.5. The summed E-state index contributed by atoms with van der Waals surface area (Å²) in [5.41, 5.74) is 1.04. The minimum atomic E-state index is 0.775. The fourth-order valence-corrected chi connectivity index (χ4v) is 4.13. The molecule has 96 valence electrons. The maximum absolute atomic E-state index is 8.90. The van der Waals surface area contributed by atoms with E-state index in [0.717, 1.165) is 36.4 Å². The molecule has 3 nitrogen and oxygen atoms in total. The van der Waals surface area contributed by atoms with Crippen molar-refractivity contribution in [2.75, 3.05) is 13.1 Å². The molecule has 1 heterocycles. The van der Waals surface area contributed by atoms with Gasteiger partial charge in [0.1, 0.15) is 0 Å². The van der Waals surface area contributed by atoms with Gasteiger partial charge in [0, 0.05) is 19.1 Å². The molecule has 3 heteroatoms. The van der Waals surface area contributed by atoms with Gasteiger partial charge in [-0.25, -0.2) is 0 Å². The summed E-state index contributed by atoms with van der Waals surface area (Å²) in [6, 6.07) is 0.865. The highest BCUT2D eigenvalue weighted by atomic mass is 16.4. The van der Waals surface area contributed by atoms with Crippen molar-refractivity contribution < 1.29 is 5.21 Å². The summed E-state index contributed by atoms with van der Waals surface area (Å²) in [5, 5.41) is 12.3. The van der Waals surface area contributed by atoms with Crippen LogP contribution in [-0.4, -0.2) is 35.0 Å². The average Bonchev–Trinajstić information content (AvgIpc) is 2.82. The van der Waals surface area contributed by atoms with E-state index in [9.17, 15) is 0 Å². The predicted molar refractivity (Wildman–Crippen MR) is 68.5 cm³/mol. The molecule has 0 radical (unpaired) electrons. The zero-order valence-corrected chi connectivity index (χ0v) is 10.6. The van der Waals surface area contributed by atoms with Crippen LogP contribution >= 0.6 is 0 Å². The molecule has 1 N–H and O–H groups in total. The monoisotopic (exact) mass is 236 g/mol. The van der Waals surface area contributed by atoms with Gasteiger partial charge in [0.2, 0.25) is 0 Å². The first-order valence-corrected chi connectivity index (χ1v) is 7.30. The van der Waals surface area contributed by atoms with Crippen LogP contribution in [0.25, 0.3) is 0 Å². The third kappa shape index (κ3) is 2.35. The zero-order chi connectivity index (χ0) is 11.7. The SMILES string of the molecule is O/N=C1\CC[C@@H]2CN(C3CCCCC3)C[C@@H]2C1. The largest absolute Gasteiger partial charge is 0.411 e. The first kappa shape index (κ1) is 11.5. The predicted octanol–water partition coefficient (Wildman–Crippen LogP) is 2.88. The summed E-state index contributed by atoms with van der Waals surface area (Å²) < 4.78 is 0. The molecule has 2 saturated carbocycles. The summed E-state index contributed by atoms with van der Waals surface area (Å²) in [7, 11) is 0. The van der Waals surface area contributed by atoms with Crippen molar-refractivity contribution in [3.05, 3.63) is 0 Å². The Labute approximate surface area is 104 Å². The minimum absolute atomic E-state index is 0.775. The fraction of sp³-hybridized carbons (Fsp3) is 0.929. The second kappa shape index (κ2) is 4.97. The number of nitrogens with zero attached hydrogens (tertiary/aromatic N) is 2. The van der Waals surface area contributed by atoms with Gasteiger partial charge in [-0.1, -0.05) is 24.4 Å². The molecule has 0 bridgehead atoms. The summed E-state index contributed by atoms with van der Waals surface area (Å²) in [4.78, 5) is 2.74. The molecule has 3 aliphatic rings. The fourth-order valence-electron chi connectivity index (χ4n) is 4.13. The van der Waals surface area contributed by atoms with E-state index < -0.39 is 0 Å². The topological polar surface area (TPSA) is 35.8 Å². The van der Waals surface area contributed by atoms with Crippen LogP contribution in [0, 0.1) is 11.8 Å². The normalized spacial score (nSPS) is 38.5. The number of rotatable bonds is 1. The van der Waals surface area contributed by atoms with E-state index in [1.807, 2.05) is 0 Å². The van der Waals surface area contributed by atoms with Gasteiger partial charge in [-0.3, -0.25) is 4.90 Å². The van der Waals surface area contributed by atoms with Gasteiger partial charge in [0.05, 0.1) is 5.71 Å². The quantitative estimate of drug-likeness (QED) is 0.561. The lowest BCUT2D eigenvalue weighted by Crippen LogP contribution is -2.35. The molecule has 0 aromatic carbocycles. The molecule has 17 heavy (non-hydrogen) atoms. The Bertz CT molecular complexity index is 297. The first-order valence-electron chi connectivity index (χ1n) is 7.30. The van der Waals surface area contributed by atoms with Crippen molar-refractivity contribution in [2.24, 2.45) is 17.0 Å². The summed E-state index contributed by atoms with van der Waals surface area (Å²) in [5.74, 6) is 1.65. The molecule has 0 unspecified atom stereocenters. The highest BCUT2D eigenvalue weighted by molar-refractivity contribution is 5.84. The van der Waals surface area contributed by atoms with Crippen LogP contribution in [0.4, 0.5) is 0 Å². The van der Waals surface area contributed by atoms with Gasteiger partial charge in [-0.2, -0.15) is 0 Å². The van der Waals surface area contributed by atoms with E-state index in [0.29, 0.717) is 0 Å². The third-order valence-electron chi connectivity index (χ3n) is 5.14. The lowest BCUT2D eigenvalue weighted by atomic mass is 9.81. The van der Waals surface area contributed by atoms with E-state index in [-0.39, 0.29) is 0 Å². The molecule has 3 fully saturated rings.